The minimum absolute atomic E-state index is 0.0417. The van der Waals surface area contributed by atoms with Crippen LogP contribution >= 0.6 is 7.82 Å². The summed E-state index contributed by atoms with van der Waals surface area (Å²) in [5.74, 6) is -0.874. The van der Waals surface area contributed by atoms with Gasteiger partial charge in [-0.05, 0) is 103 Å². The highest BCUT2D eigenvalue weighted by Crippen LogP contribution is 2.43. The molecule has 0 aliphatic rings. The van der Waals surface area contributed by atoms with E-state index in [1.807, 2.05) is 0 Å². The van der Waals surface area contributed by atoms with Crippen molar-refractivity contribution in [1.29, 1.82) is 0 Å². The number of rotatable bonds is 66. The Balaban J connectivity index is 3.90. The smallest absolute Gasteiger partial charge is 0.462 e. The summed E-state index contributed by atoms with van der Waals surface area (Å²) < 4.78 is 33.1. The third-order valence-electron chi connectivity index (χ3n) is 15.1. The van der Waals surface area contributed by atoms with Gasteiger partial charge in [-0.2, -0.15) is 0 Å². The molecule has 0 fully saturated rings. The Morgan fingerprint density at radius 3 is 1.00 bits per heavy atom. The third kappa shape index (κ3) is 69.6. The lowest BCUT2D eigenvalue weighted by Gasteiger charge is -2.19. The average Bonchev–Trinajstić information content (AvgIpc) is 3.53. The fourth-order valence-electron chi connectivity index (χ4n) is 9.94. The van der Waals surface area contributed by atoms with E-state index in [2.05, 4.69) is 123 Å². The van der Waals surface area contributed by atoms with E-state index in [0.29, 0.717) is 6.42 Å². The molecule has 0 aromatic heterocycles. The molecule has 0 spiro atoms. The Hall–Kier alpha value is -3.33. The Kier molecular flexibility index (Phi) is 67.0. The van der Waals surface area contributed by atoms with Crippen LogP contribution in [0.2, 0.25) is 0 Å². The van der Waals surface area contributed by atoms with Gasteiger partial charge in [-0.1, -0.05) is 316 Å². The molecule has 0 aliphatic carbocycles. The molecule has 0 aliphatic heterocycles. The van der Waals surface area contributed by atoms with Crippen molar-refractivity contribution in [1.82, 2.24) is 0 Å². The summed E-state index contributed by atoms with van der Waals surface area (Å²) in [5.41, 5.74) is 5.39. The zero-order valence-corrected chi connectivity index (χ0v) is 56.0. The lowest BCUT2D eigenvalue weighted by atomic mass is 10.0. The van der Waals surface area contributed by atoms with E-state index in [4.69, 9.17) is 24.3 Å². The Bertz CT molecular complexity index is 1760. The van der Waals surface area contributed by atoms with Gasteiger partial charge in [0.25, 0.3) is 0 Å². The van der Waals surface area contributed by atoms with Crippen molar-refractivity contribution in [3.63, 3.8) is 0 Å². The summed E-state index contributed by atoms with van der Waals surface area (Å²) in [5, 5.41) is 0. The highest BCUT2D eigenvalue weighted by atomic mass is 31.2. The summed E-state index contributed by atoms with van der Waals surface area (Å²) in [6.07, 6.45) is 96.3. The number of unbranched alkanes of at least 4 members (excludes halogenated alkanes) is 35. The molecular formula is C75H132NO8P. The van der Waals surface area contributed by atoms with Crippen LogP contribution in [-0.2, 0) is 32.7 Å². The number of nitrogens with two attached hydrogens (primary N) is 1. The molecule has 3 N–H and O–H groups in total. The maximum Gasteiger partial charge on any atom is 0.472 e. The van der Waals surface area contributed by atoms with E-state index in [9.17, 15) is 19.0 Å². The van der Waals surface area contributed by atoms with Crippen LogP contribution in [0, 0.1) is 0 Å². The van der Waals surface area contributed by atoms with E-state index in [1.165, 1.54) is 205 Å². The molecule has 0 radical (unpaired) electrons. The van der Waals surface area contributed by atoms with Gasteiger partial charge in [0.15, 0.2) is 6.10 Å². The lowest BCUT2D eigenvalue weighted by Crippen LogP contribution is -2.29. The van der Waals surface area contributed by atoms with Crippen LogP contribution in [0.1, 0.15) is 322 Å². The van der Waals surface area contributed by atoms with Gasteiger partial charge in [0.2, 0.25) is 0 Å². The van der Waals surface area contributed by atoms with Crippen molar-refractivity contribution in [2.24, 2.45) is 5.73 Å². The van der Waals surface area contributed by atoms with Crippen molar-refractivity contribution in [2.75, 3.05) is 26.4 Å². The second-order valence-corrected chi connectivity index (χ2v) is 24.8. The first-order valence-corrected chi connectivity index (χ1v) is 36.9. The highest BCUT2D eigenvalue weighted by Gasteiger charge is 2.26. The quantitative estimate of drug-likeness (QED) is 0.0264. The minimum atomic E-state index is -4.41. The summed E-state index contributed by atoms with van der Waals surface area (Å²) >= 11 is 0. The first-order chi connectivity index (χ1) is 41.8. The standard InChI is InChI=1S/C75H132NO8P/c1-3-5-7-9-11-13-15-17-19-21-23-25-27-29-31-32-33-34-35-36-37-38-39-40-42-43-45-47-49-51-53-55-57-59-61-63-65-67-74(77)81-71-73(72-83-85(79,80)82-70-69-76)84-75(78)68-66-64-62-60-58-56-54-52-50-48-46-44-41-30-28-26-24-22-20-18-16-14-12-10-8-6-4-2/h6,8,12,14,18,20-21,23-24,26,30,41,46,48,52,54,58,60,73H,3-5,7,9-11,13,15-17,19,22,25,27-29,31-40,42-45,47,49-51,53,55-57,59,61-72,76H2,1-2H3,(H,79,80)/b8-6-,14-12-,20-18-,23-21-,26-24-,41-30-,48-46-,54-52-,60-58-. The van der Waals surface area contributed by atoms with Gasteiger partial charge in [-0.15, -0.1) is 0 Å². The predicted molar refractivity (Wildman–Crippen MR) is 367 cm³/mol. The number of phosphoric ester groups is 1. The Labute approximate surface area is 524 Å². The topological polar surface area (TPSA) is 134 Å². The molecule has 2 atom stereocenters. The number of allylic oxidation sites excluding steroid dienone is 18. The third-order valence-corrected chi connectivity index (χ3v) is 16.1. The summed E-state index contributed by atoms with van der Waals surface area (Å²) in [6.45, 7) is 3.60. The molecule has 0 bridgehead atoms. The van der Waals surface area contributed by atoms with Gasteiger partial charge >= 0.3 is 19.8 Å². The van der Waals surface area contributed by atoms with Gasteiger partial charge < -0.3 is 20.1 Å². The van der Waals surface area contributed by atoms with E-state index in [0.717, 1.165) is 83.5 Å². The fraction of sp³-hybridized carbons (Fsp3) is 0.733. The van der Waals surface area contributed by atoms with Crippen molar-refractivity contribution in [2.45, 2.75) is 328 Å². The Morgan fingerprint density at radius 1 is 0.365 bits per heavy atom. The zero-order valence-electron chi connectivity index (χ0n) is 55.1. The summed E-state index contributed by atoms with van der Waals surface area (Å²) in [6, 6.07) is 0. The van der Waals surface area contributed by atoms with Gasteiger partial charge in [0, 0.05) is 19.4 Å². The fourth-order valence-corrected chi connectivity index (χ4v) is 10.7. The first kappa shape index (κ1) is 81.7. The highest BCUT2D eigenvalue weighted by molar-refractivity contribution is 7.47. The number of phosphoric acid groups is 1. The molecule has 9 nitrogen and oxygen atoms in total. The molecule has 0 amide bonds. The van der Waals surface area contributed by atoms with Crippen LogP contribution in [0.4, 0.5) is 0 Å². The average molecular weight is 1210 g/mol. The van der Waals surface area contributed by atoms with Crippen LogP contribution in [0.3, 0.4) is 0 Å². The molecule has 0 aromatic carbocycles. The van der Waals surface area contributed by atoms with Crippen LogP contribution < -0.4 is 5.73 Å². The number of esters is 2. The Morgan fingerprint density at radius 2 is 0.647 bits per heavy atom. The molecule has 0 saturated heterocycles. The van der Waals surface area contributed by atoms with Gasteiger partial charge in [0.1, 0.15) is 6.61 Å². The van der Waals surface area contributed by atoms with Gasteiger partial charge in [-0.3, -0.25) is 18.6 Å². The van der Waals surface area contributed by atoms with Crippen molar-refractivity contribution in [3.8, 4) is 0 Å². The molecule has 0 aromatic rings. The molecule has 85 heavy (non-hydrogen) atoms. The molecule has 0 saturated carbocycles. The van der Waals surface area contributed by atoms with Crippen LogP contribution in [0.5, 0.6) is 0 Å². The normalized spacial score (nSPS) is 13.6. The van der Waals surface area contributed by atoms with E-state index >= 15 is 0 Å². The number of hydrogen-bond acceptors (Lipinski definition) is 8. The lowest BCUT2D eigenvalue weighted by molar-refractivity contribution is -0.161. The number of hydrogen-bond donors (Lipinski definition) is 2. The van der Waals surface area contributed by atoms with Gasteiger partial charge in [-0.25, -0.2) is 4.57 Å². The van der Waals surface area contributed by atoms with Crippen LogP contribution in [-0.4, -0.2) is 49.3 Å². The molecule has 2 unspecified atom stereocenters. The van der Waals surface area contributed by atoms with E-state index in [1.54, 1.807) is 0 Å². The molecule has 10 heteroatoms. The minimum Gasteiger partial charge on any atom is -0.462 e. The maximum atomic E-state index is 12.7. The predicted octanol–water partition coefficient (Wildman–Crippen LogP) is 23.3. The molecular weight excluding hydrogens is 1070 g/mol. The first-order valence-electron chi connectivity index (χ1n) is 35.4. The molecule has 0 heterocycles. The van der Waals surface area contributed by atoms with Gasteiger partial charge in [0.05, 0.1) is 13.2 Å². The monoisotopic (exact) mass is 1210 g/mol. The van der Waals surface area contributed by atoms with Crippen LogP contribution in [0.25, 0.3) is 0 Å². The van der Waals surface area contributed by atoms with Crippen molar-refractivity contribution < 1.29 is 37.6 Å². The number of carbonyl (C=O) groups excluding carboxylic acids is 2. The number of ether oxygens (including phenoxy) is 2. The number of carbonyl (C=O) groups is 2. The van der Waals surface area contributed by atoms with E-state index < -0.39 is 32.5 Å². The summed E-state index contributed by atoms with van der Waals surface area (Å²) in [7, 11) is -4.41. The second kappa shape index (κ2) is 69.8. The van der Waals surface area contributed by atoms with Crippen LogP contribution in [0.15, 0.2) is 109 Å². The van der Waals surface area contributed by atoms with Crippen molar-refractivity contribution in [3.05, 3.63) is 109 Å². The maximum absolute atomic E-state index is 12.7. The summed E-state index contributed by atoms with van der Waals surface area (Å²) in [4.78, 5) is 35.3. The zero-order chi connectivity index (χ0) is 61.6. The SMILES string of the molecule is CC/C=C\C/C=C\C/C=C\C/C=C\C/C=C\C/C=C\C/C=C\C/C=C\CCCCC(=O)OC(COC(=O)CCCCCCCCCCCCCCCCCCCCCCCCCCC/C=C\CCCCCCCCCC)COP(=O)(O)OCCN. The molecule has 0 rings (SSSR count). The van der Waals surface area contributed by atoms with E-state index in [-0.39, 0.29) is 32.6 Å². The van der Waals surface area contributed by atoms with Crippen molar-refractivity contribution >= 4 is 19.8 Å². The second-order valence-electron chi connectivity index (χ2n) is 23.4. The largest absolute Gasteiger partial charge is 0.472 e. The molecule has 490 valence electrons.